The molecule has 2 heteroatoms. The Morgan fingerprint density at radius 1 is 1.15 bits per heavy atom. The predicted molar refractivity (Wildman–Crippen MR) is 50.4 cm³/mol. The first kappa shape index (κ1) is 9.04. The minimum absolute atomic E-state index is 0.426. The van der Waals surface area contributed by atoms with Crippen LogP contribution in [0.25, 0.3) is 0 Å². The van der Waals surface area contributed by atoms with E-state index in [0.29, 0.717) is 12.3 Å². The van der Waals surface area contributed by atoms with Crippen LogP contribution in [0.4, 0.5) is 0 Å². The molecule has 74 valence electrons. The molecule has 0 heterocycles. The zero-order valence-electron chi connectivity index (χ0n) is 8.04. The largest absolute Gasteiger partial charge is 0.481 e. The second kappa shape index (κ2) is 3.69. The molecule has 2 saturated carbocycles. The van der Waals surface area contributed by atoms with E-state index in [1.165, 1.54) is 38.5 Å². The Hall–Kier alpha value is -0.530. The van der Waals surface area contributed by atoms with Gasteiger partial charge in [-0.2, -0.15) is 0 Å². The summed E-state index contributed by atoms with van der Waals surface area (Å²) in [6.45, 7) is 0. The van der Waals surface area contributed by atoms with Crippen molar-refractivity contribution in [1.82, 2.24) is 0 Å². The van der Waals surface area contributed by atoms with Gasteiger partial charge in [-0.15, -0.1) is 0 Å². The van der Waals surface area contributed by atoms with Crippen LogP contribution in [0.3, 0.4) is 0 Å². The van der Waals surface area contributed by atoms with Crippen LogP contribution in [0, 0.1) is 17.8 Å². The summed E-state index contributed by atoms with van der Waals surface area (Å²) in [7, 11) is 0. The first-order valence-corrected chi connectivity index (χ1v) is 5.49. The van der Waals surface area contributed by atoms with E-state index in [2.05, 4.69) is 0 Å². The van der Waals surface area contributed by atoms with Crippen LogP contribution in [-0.2, 0) is 4.79 Å². The Balaban J connectivity index is 1.88. The molecule has 1 N–H and O–H groups in total. The van der Waals surface area contributed by atoms with Gasteiger partial charge in [0.1, 0.15) is 0 Å². The van der Waals surface area contributed by atoms with Crippen LogP contribution in [0.1, 0.15) is 44.9 Å². The second-order valence-electron chi connectivity index (χ2n) is 4.64. The minimum atomic E-state index is -0.594. The van der Waals surface area contributed by atoms with Gasteiger partial charge in [0.05, 0.1) is 0 Å². The molecule has 0 radical (unpaired) electrons. The van der Waals surface area contributed by atoms with Crippen molar-refractivity contribution in [2.24, 2.45) is 17.8 Å². The highest BCUT2D eigenvalue weighted by Gasteiger charge is 2.36. The molecule has 2 nitrogen and oxygen atoms in total. The number of hydrogen-bond acceptors (Lipinski definition) is 1. The number of hydrogen-bond donors (Lipinski definition) is 1. The molecule has 0 saturated heterocycles. The van der Waals surface area contributed by atoms with E-state index in [1.54, 1.807) is 0 Å². The summed E-state index contributed by atoms with van der Waals surface area (Å²) in [4.78, 5) is 10.7. The van der Waals surface area contributed by atoms with Crippen LogP contribution in [0.5, 0.6) is 0 Å². The molecule has 13 heavy (non-hydrogen) atoms. The topological polar surface area (TPSA) is 37.3 Å². The van der Waals surface area contributed by atoms with Gasteiger partial charge in [0.15, 0.2) is 0 Å². The molecular weight excluding hydrogens is 164 g/mol. The summed E-state index contributed by atoms with van der Waals surface area (Å²) in [5, 5.41) is 8.82. The van der Waals surface area contributed by atoms with Crippen molar-refractivity contribution >= 4 is 5.97 Å². The molecular formula is C11H18O2. The molecule has 0 spiro atoms. The Kier molecular flexibility index (Phi) is 2.56. The van der Waals surface area contributed by atoms with Gasteiger partial charge >= 0.3 is 5.97 Å². The van der Waals surface area contributed by atoms with E-state index in [0.717, 1.165) is 11.8 Å². The zero-order valence-corrected chi connectivity index (χ0v) is 8.04. The van der Waals surface area contributed by atoms with Gasteiger partial charge in [-0.3, -0.25) is 4.79 Å². The lowest BCUT2D eigenvalue weighted by molar-refractivity contribution is -0.140. The fourth-order valence-corrected chi connectivity index (χ4v) is 2.66. The molecule has 0 aromatic rings. The zero-order chi connectivity index (χ0) is 9.26. The average molecular weight is 182 g/mol. The van der Waals surface area contributed by atoms with Gasteiger partial charge in [-0.05, 0) is 17.8 Å². The molecule has 0 atom stereocenters. The smallest absolute Gasteiger partial charge is 0.303 e. The highest BCUT2D eigenvalue weighted by atomic mass is 16.4. The fourth-order valence-electron chi connectivity index (χ4n) is 2.66. The maximum Gasteiger partial charge on any atom is 0.303 e. The van der Waals surface area contributed by atoms with E-state index >= 15 is 0 Å². The molecule has 2 aliphatic carbocycles. The molecule has 0 aromatic carbocycles. The number of carboxylic acids is 1. The lowest BCUT2D eigenvalue weighted by atomic mass is 9.63. The highest BCUT2D eigenvalue weighted by molar-refractivity contribution is 5.67. The molecule has 0 aromatic heterocycles. The summed E-state index contributed by atoms with van der Waals surface area (Å²) in [6, 6.07) is 0. The quantitative estimate of drug-likeness (QED) is 0.725. The van der Waals surface area contributed by atoms with E-state index in [9.17, 15) is 4.79 Å². The van der Waals surface area contributed by atoms with Crippen molar-refractivity contribution in [2.45, 2.75) is 44.9 Å². The van der Waals surface area contributed by atoms with Crippen LogP contribution in [-0.4, -0.2) is 11.1 Å². The van der Waals surface area contributed by atoms with Crippen molar-refractivity contribution < 1.29 is 9.90 Å². The number of carboxylic acid groups (broad SMARTS) is 1. The minimum Gasteiger partial charge on any atom is -0.481 e. The van der Waals surface area contributed by atoms with Crippen molar-refractivity contribution in [1.29, 1.82) is 0 Å². The lowest BCUT2D eigenvalue weighted by Crippen LogP contribution is -2.33. The Morgan fingerprint density at radius 3 is 1.85 bits per heavy atom. The van der Waals surface area contributed by atoms with Gasteiger partial charge < -0.3 is 5.11 Å². The van der Waals surface area contributed by atoms with Crippen molar-refractivity contribution in [3.05, 3.63) is 0 Å². The highest BCUT2D eigenvalue weighted by Crippen LogP contribution is 2.45. The maximum absolute atomic E-state index is 10.7. The SMILES string of the molecule is O=C(O)CC(C1CCC1)C1CCC1. The molecule has 2 aliphatic rings. The number of aliphatic carboxylic acids is 1. The molecule has 0 unspecified atom stereocenters. The molecule has 0 amide bonds. The van der Waals surface area contributed by atoms with Crippen LogP contribution in [0.2, 0.25) is 0 Å². The third-order valence-electron chi connectivity index (χ3n) is 3.92. The van der Waals surface area contributed by atoms with Gasteiger partial charge in [-0.1, -0.05) is 38.5 Å². The predicted octanol–water partition coefficient (Wildman–Crippen LogP) is 2.68. The van der Waals surface area contributed by atoms with Gasteiger partial charge in [0.2, 0.25) is 0 Å². The number of rotatable bonds is 4. The standard InChI is InChI=1S/C11H18O2/c12-11(13)7-10(8-3-1-4-8)9-5-2-6-9/h8-10H,1-7H2,(H,12,13). The van der Waals surface area contributed by atoms with Crippen LogP contribution in [0.15, 0.2) is 0 Å². The Bertz CT molecular complexity index is 178. The molecule has 2 fully saturated rings. The lowest BCUT2D eigenvalue weighted by Gasteiger charge is -2.42. The van der Waals surface area contributed by atoms with Crippen LogP contribution >= 0.6 is 0 Å². The summed E-state index contributed by atoms with van der Waals surface area (Å²) in [5.41, 5.74) is 0. The van der Waals surface area contributed by atoms with Gasteiger partial charge in [0.25, 0.3) is 0 Å². The normalized spacial score (nSPS) is 24.1. The van der Waals surface area contributed by atoms with Crippen molar-refractivity contribution in [3.8, 4) is 0 Å². The average Bonchev–Trinajstić information content (AvgIpc) is 1.75. The first-order valence-electron chi connectivity index (χ1n) is 5.49. The fraction of sp³-hybridized carbons (Fsp3) is 0.909. The summed E-state index contributed by atoms with van der Waals surface area (Å²) in [5.74, 6) is 1.42. The molecule has 0 bridgehead atoms. The van der Waals surface area contributed by atoms with E-state index in [-0.39, 0.29) is 0 Å². The van der Waals surface area contributed by atoms with E-state index < -0.39 is 5.97 Å². The second-order valence-corrected chi connectivity index (χ2v) is 4.64. The summed E-state index contributed by atoms with van der Waals surface area (Å²) < 4.78 is 0. The van der Waals surface area contributed by atoms with E-state index in [1.807, 2.05) is 0 Å². The summed E-state index contributed by atoms with van der Waals surface area (Å²) >= 11 is 0. The molecule has 0 aliphatic heterocycles. The van der Waals surface area contributed by atoms with Crippen molar-refractivity contribution in [2.75, 3.05) is 0 Å². The summed E-state index contributed by atoms with van der Waals surface area (Å²) in [6.07, 6.45) is 8.22. The Morgan fingerprint density at radius 2 is 1.62 bits per heavy atom. The van der Waals surface area contributed by atoms with Crippen LogP contribution < -0.4 is 0 Å². The monoisotopic (exact) mass is 182 g/mol. The first-order chi connectivity index (χ1) is 6.27. The van der Waals surface area contributed by atoms with E-state index in [4.69, 9.17) is 5.11 Å². The third-order valence-corrected chi connectivity index (χ3v) is 3.92. The Labute approximate surface area is 79.3 Å². The van der Waals surface area contributed by atoms with Gasteiger partial charge in [0, 0.05) is 6.42 Å². The molecule has 2 rings (SSSR count). The third kappa shape index (κ3) is 1.87. The number of carbonyl (C=O) groups is 1. The van der Waals surface area contributed by atoms with Crippen molar-refractivity contribution in [3.63, 3.8) is 0 Å². The maximum atomic E-state index is 10.7. The van der Waals surface area contributed by atoms with Gasteiger partial charge in [-0.25, -0.2) is 0 Å².